The van der Waals surface area contributed by atoms with Crippen molar-refractivity contribution in [2.45, 2.75) is 46.3 Å². The molecule has 0 unspecified atom stereocenters. The van der Waals surface area contributed by atoms with Crippen LogP contribution in [0.2, 0.25) is 0 Å². The lowest BCUT2D eigenvalue weighted by atomic mass is 9.99. The van der Waals surface area contributed by atoms with Crippen LogP contribution in [0.3, 0.4) is 0 Å². The third-order valence-electron chi connectivity index (χ3n) is 6.92. The Labute approximate surface area is 231 Å². The molecule has 0 saturated carbocycles. The van der Waals surface area contributed by atoms with E-state index in [-0.39, 0.29) is 19.0 Å². The second-order valence-corrected chi connectivity index (χ2v) is 10.4. The number of nitrogens with zero attached hydrogens (tertiary/aromatic N) is 2. The van der Waals surface area contributed by atoms with Gasteiger partial charge in [0.05, 0.1) is 13.2 Å². The Hall–Kier alpha value is -3.68. The van der Waals surface area contributed by atoms with Crippen molar-refractivity contribution in [3.63, 3.8) is 0 Å². The smallest absolute Gasteiger partial charge is 0.323 e. The van der Waals surface area contributed by atoms with E-state index in [1.165, 1.54) is 10.5 Å². The third kappa shape index (κ3) is 8.15. The predicted octanol–water partition coefficient (Wildman–Crippen LogP) is 4.93. The van der Waals surface area contributed by atoms with Crippen LogP contribution in [0.4, 0.5) is 0 Å². The lowest BCUT2D eigenvalue weighted by molar-refractivity contribution is -0.137. The van der Waals surface area contributed by atoms with Crippen LogP contribution in [-0.2, 0) is 29.0 Å². The molecule has 3 aromatic rings. The van der Waals surface area contributed by atoms with E-state index in [9.17, 15) is 14.7 Å². The van der Waals surface area contributed by atoms with Crippen LogP contribution in [0.15, 0.2) is 66.7 Å². The summed E-state index contributed by atoms with van der Waals surface area (Å²) >= 11 is 0. The Bertz CT molecular complexity index is 1270. The number of benzene rings is 3. The van der Waals surface area contributed by atoms with Crippen molar-refractivity contribution in [2.75, 3.05) is 32.9 Å². The quantitative estimate of drug-likeness (QED) is 0.487. The zero-order chi connectivity index (χ0) is 27.8. The minimum atomic E-state index is -1.05. The number of ether oxygens (including phenoxy) is 2. The second kappa shape index (κ2) is 13.4. The first kappa shape index (κ1) is 28.3. The van der Waals surface area contributed by atoms with Crippen molar-refractivity contribution in [1.82, 2.24) is 9.80 Å². The van der Waals surface area contributed by atoms with Crippen LogP contribution in [0.25, 0.3) is 0 Å². The molecule has 0 saturated heterocycles. The fraction of sp³-hybridized carbons (Fsp3) is 0.375. The molecule has 1 aliphatic heterocycles. The van der Waals surface area contributed by atoms with Crippen molar-refractivity contribution in [3.05, 3.63) is 100 Å². The minimum absolute atomic E-state index is 0.213. The summed E-state index contributed by atoms with van der Waals surface area (Å²) in [5.74, 6) is -0.682. The highest BCUT2D eigenvalue weighted by atomic mass is 16.5. The molecular weight excluding hydrogens is 492 g/mol. The van der Waals surface area contributed by atoms with Crippen molar-refractivity contribution in [3.8, 4) is 5.75 Å². The zero-order valence-electron chi connectivity index (χ0n) is 23.1. The number of carboxylic acid groups (broad SMARTS) is 1. The van der Waals surface area contributed by atoms with Gasteiger partial charge in [0.2, 0.25) is 0 Å². The molecule has 3 aromatic carbocycles. The molecule has 1 N–H and O–H groups in total. The average Bonchev–Trinajstić information content (AvgIpc) is 2.90. The van der Waals surface area contributed by atoms with Crippen LogP contribution in [0.5, 0.6) is 5.75 Å². The van der Waals surface area contributed by atoms with Gasteiger partial charge >= 0.3 is 5.97 Å². The molecular formula is C32H38N2O5. The molecule has 1 heterocycles. The van der Waals surface area contributed by atoms with Gasteiger partial charge in [0.1, 0.15) is 18.9 Å². The average molecular weight is 531 g/mol. The lowest BCUT2D eigenvalue weighted by Gasteiger charge is -2.27. The molecule has 2 bridgehead atoms. The molecule has 0 fully saturated rings. The second-order valence-electron chi connectivity index (χ2n) is 10.4. The van der Waals surface area contributed by atoms with Gasteiger partial charge in [-0.25, -0.2) is 0 Å². The van der Waals surface area contributed by atoms with Crippen LogP contribution < -0.4 is 4.74 Å². The standard InChI is InChI=1S/C32H38N2O5/c1-23(2)33-13-14-38-15-16-39-30-12-11-28(19-29(30)18-26-5-4-6-27(17-26)21-33)32(37)34(22-31(35)36)20-25-9-7-24(3)8-10-25/h4-12,17,19,23H,13-16,18,20-22H2,1-3H3,(H,35,36). The fourth-order valence-corrected chi connectivity index (χ4v) is 4.76. The normalized spacial score (nSPS) is 14.7. The summed E-state index contributed by atoms with van der Waals surface area (Å²) in [6.07, 6.45) is 0.587. The van der Waals surface area contributed by atoms with Crippen molar-refractivity contribution in [2.24, 2.45) is 0 Å². The van der Waals surface area contributed by atoms with E-state index in [0.29, 0.717) is 43.6 Å². The van der Waals surface area contributed by atoms with Gasteiger partial charge in [-0.1, -0.05) is 54.1 Å². The molecule has 1 amide bonds. The highest BCUT2D eigenvalue weighted by Gasteiger charge is 2.21. The highest BCUT2D eigenvalue weighted by Crippen LogP contribution is 2.26. The molecule has 0 aliphatic carbocycles. The number of rotatable bonds is 6. The lowest BCUT2D eigenvalue weighted by Crippen LogP contribution is -2.35. The van der Waals surface area contributed by atoms with E-state index in [4.69, 9.17) is 9.47 Å². The molecule has 0 aromatic heterocycles. The van der Waals surface area contributed by atoms with E-state index in [1.807, 2.05) is 43.3 Å². The van der Waals surface area contributed by atoms with E-state index in [0.717, 1.165) is 35.3 Å². The van der Waals surface area contributed by atoms with Gasteiger partial charge in [-0.3, -0.25) is 14.5 Å². The van der Waals surface area contributed by atoms with Gasteiger partial charge in [0.15, 0.2) is 0 Å². The number of fused-ring (bicyclic) bond motifs is 3. The predicted molar refractivity (Wildman–Crippen MR) is 151 cm³/mol. The Morgan fingerprint density at radius 3 is 2.49 bits per heavy atom. The third-order valence-corrected chi connectivity index (χ3v) is 6.92. The van der Waals surface area contributed by atoms with Gasteiger partial charge in [-0.05, 0) is 61.2 Å². The summed E-state index contributed by atoms with van der Waals surface area (Å²) < 4.78 is 11.9. The van der Waals surface area contributed by atoms with Gasteiger partial charge in [0.25, 0.3) is 5.91 Å². The fourth-order valence-electron chi connectivity index (χ4n) is 4.76. The number of aliphatic carboxylic acids is 1. The van der Waals surface area contributed by atoms with E-state index < -0.39 is 5.97 Å². The number of amides is 1. The van der Waals surface area contributed by atoms with Crippen molar-refractivity contribution >= 4 is 11.9 Å². The van der Waals surface area contributed by atoms with Gasteiger partial charge in [-0.2, -0.15) is 0 Å². The molecule has 39 heavy (non-hydrogen) atoms. The van der Waals surface area contributed by atoms with Gasteiger partial charge < -0.3 is 19.5 Å². The van der Waals surface area contributed by atoms with Crippen molar-refractivity contribution < 1.29 is 24.2 Å². The molecule has 1 aliphatic rings. The number of carbonyl (C=O) groups excluding carboxylic acids is 1. The van der Waals surface area contributed by atoms with E-state index in [2.05, 4.69) is 43.0 Å². The van der Waals surface area contributed by atoms with Crippen LogP contribution in [0.1, 0.15) is 52.0 Å². The summed E-state index contributed by atoms with van der Waals surface area (Å²) in [4.78, 5) is 29.0. The molecule has 0 spiro atoms. The number of hydrogen-bond acceptors (Lipinski definition) is 5. The molecule has 0 atom stereocenters. The maximum Gasteiger partial charge on any atom is 0.323 e. The topological polar surface area (TPSA) is 79.3 Å². The molecule has 7 heteroatoms. The summed E-state index contributed by atoms with van der Waals surface area (Å²) in [5, 5.41) is 9.51. The van der Waals surface area contributed by atoms with E-state index in [1.54, 1.807) is 6.07 Å². The Morgan fingerprint density at radius 2 is 1.74 bits per heavy atom. The number of carboxylic acids is 1. The van der Waals surface area contributed by atoms with Gasteiger partial charge in [0, 0.05) is 37.7 Å². The maximum atomic E-state index is 13.6. The molecule has 206 valence electrons. The Morgan fingerprint density at radius 1 is 0.974 bits per heavy atom. The number of carbonyl (C=O) groups is 2. The first-order chi connectivity index (χ1) is 18.8. The summed E-state index contributed by atoms with van der Waals surface area (Å²) in [6, 6.07) is 22.0. The molecule has 0 radical (unpaired) electrons. The van der Waals surface area contributed by atoms with Crippen LogP contribution in [0, 0.1) is 6.92 Å². The monoisotopic (exact) mass is 530 g/mol. The maximum absolute atomic E-state index is 13.6. The largest absolute Gasteiger partial charge is 0.491 e. The molecule has 4 rings (SSSR count). The summed E-state index contributed by atoms with van der Waals surface area (Å²) in [5.41, 5.74) is 5.64. The minimum Gasteiger partial charge on any atom is -0.491 e. The Kier molecular flexibility index (Phi) is 9.74. The van der Waals surface area contributed by atoms with Crippen LogP contribution in [-0.4, -0.2) is 65.7 Å². The van der Waals surface area contributed by atoms with E-state index >= 15 is 0 Å². The van der Waals surface area contributed by atoms with Crippen LogP contribution >= 0.6 is 0 Å². The molecule has 7 nitrogen and oxygen atoms in total. The first-order valence-corrected chi connectivity index (χ1v) is 13.5. The summed E-state index contributed by atoms with van der Waals surface area (Å²) in [7, 11) is 0. The van der Waals surface area contributed by atoms with Crippen molar-refractivity contribution in [1.29, 1.82) is 0 Å². The number of aryl methyl sites for hydroxylation is 1. The summed E-state index contributed by atoms with van der Waals surface area (Å²) in [6.45, 7) is 9.39. The SMILES string of the molecule is Cc1ccc(CN(CC(=O)O)C(=O)c2ccc3c(c2)Cc2cccc(c2)CN(C(C)C)CCOCCO3)cc1. The first-order valence-electron chi connectivity index (χ1n) is 13.5. The number of hydrogen-bond donors (Lipinski definition) is 1. The Balaban J connectivity index is 1.63. The highest BCUT2D eigenvalue weighted by molar-refractivity contribution is 5.96. The zero-order valence-corrected chi connectivity index (χ0v) is 23.1. The van der Waals surface area contributed by atoms with Gasteiger partial charge in [-0.15, -0.1) is 0 Å².